The van der Waals surface area contributed by atoms with E-state index in [1.54, 1.807) is 0 Å². The zero-order valence-electron chi connectivity index (χ0n) is 18.3. The summed E-state index contributed by atoms with van der Waals surface area (Å²) >= 11 is 2.19. The van der Waals surface area contributed by atoms with Crippen molar-refractivity contribution in [2.75, 3.05) is 81.7 Å². The molecule has 0 unspecified atom stereocenters. The van der Waals surface area contributed by atoms with Crippen LogP contribution in [0.1, 0.15) is 19.3 Å². The van der Waals surface area contributed by atoms with Gasteiger partial charge in [0.05, 0.1) is 0 Å². The Morgan fingerprint density at radius 2 is 0.903 bits per heavy atom. The van der Waals surface area contributed by atoms with Crippen LogP contribution in [0.5, 0.6) is 0 Å². The highest BCUT2D eigenvalue weighted by Gasteiger charge is 2.21. The van der Waals surface area contributed by atoms with E-state index in [2.05, 4.69) is 49.0 Å². The molecule has 31 heavy (non-hydrogen) atoms. The molecule has 0 fully saturated rings. The predicted octanol–water partition coefficient (Wildman–Crippen LogP) is 0.240. The molecular formula is C20H31IN6O4. The van der Waals surface area contributed by atoms with Crippen LogP contribution in [0.25, 0.3) is 0 Å². The van der Waals surface area contributed by atoms with Crippen molar-refractivity contribution < 1.29 is 0 Å². The number of nitrogens with one attached hydrogen (secondary N) is 4. The van der Waals surface area contributed by atoms with Crippen molar-refractivity contribution in [3.05, 3.63) is 40.9 Å². The molecule has 172 valence electrons. The Kier molecular flexibility index (Phi) is 9.91. The van der Waals surface area contributed by atoms with Crippen LogP contribution >= 0.6 is 22.9 Å². The van der Waals surface area contributed by atoms with Gasteiger partial charge in [-0.1, -0.05) is 0 Å². The summed E-state index contributed by atoms with van der Waals surface area (Å²) in [7, 11) is 5.92. The van der Waals surface area contributed by atoms with Crippen LogP contribution in [0.3, 0.4) is 0 Å². The lowest BCUT2D eigenvalue weighted by atomic mass is 10.1. The highest BCUT2D eigenvalue weighted by atomic mass is 127. The second kappa shape index (κ2) is 12.2. The molecule has 0 aliphatic carbocycles. The predicted molar refractivity (Wildman–Crippen MR) is 136 cm³/mol. The lowest BCUT2D eigenvalue weighted by Crippen LogP contribution is -2.39. The van der Waals surface area contributed by atoms with Gasteiger partial charge in [0.15, 0.2) is 0 Å². The Hall–Kier alpha value is -1.99. The highest BCUT2D eigenvalue weighted by Crippen LogP contribution is 2.16. The van der Waals surface area contributed by atoms with E-state index in [4.69, 9.17) is 0 Å². The first-order chi connectivity index (χ1) is 14.7. The fraction of sp³-hybridized carbons (Fsp3) is 0.600. The standard InChI is InChI=1S/C20H31IN6O4/c1-26(2)11-5-9-24-15-13(17(28)19(15)30)22-7-4-8-23-14-16(20(31)18(14)29)25-10-6-12-27(3)21/h22-25H,4-12H2,1-3H3. The van der Waals surface area contributed by atoms with E-state index in [-0.39, 0.29) is 0 Å². The summed E-state index contributed by atoms with van der Waals surface area (Å²) in [6.45, 7) is 3.92. The Balaban J connectivity index is 1.72. The minimum atomic E-state index is -0.506. The molecule has 10 nitrogen and oxygen atoms in total. The third-order valence-corrected chi connectivity index (χ3v) is 5.29. The zero-order valence-corrected chi connectivity index (χ0v) is 20.4. The van der Waals surface area contributed by atoms with E-state index in [9.17, 15) is 19.2 Å². The van der Waals surface area contributed by atoms with Gasteiger partial charge in [-0.2, -0.15) is 0 Å². The van der Waals surface area contributed by atoms with E-state index < -0.39 is 21.7 Å². The number of rotatable bonds is 16. The lowest BCUT2D eigenvalue weighted by molar-refractivity contribution is 0.405. The summed E-state index contributed by atoms with van der Waals surface area (Å²) in [4.78, 5) is 49.1. The molecule has 0 bridgehead atoms. The van der Waals surface area contributed by atoms with E-state index in [1.165, 1.54) is 0 Å². The fourth-order valence-electron chi connectivity index (χ4n) is 3.09. The van der Waals surface area contributed by atoms with Gasteiger partial charge in [0, 0.05) is 55.6 Å². The Bertz CT molecular complexity index is 910. The summed E-state index contributed by atoms with van der Waals surface area (Å²) in [5.41, 5.74) is -0.640. The minimum Gasteiger partial charge on any atom is -0.380 e. The number of hydrogen-bond acceptors (Lipinski definition) is 10. The largest absolute Gasteiger partial charge is 0.380 e. The fourth-order valence-corrected chi connectivity index (χ4v) is 3.43. The summed E-state index contributed by atoms with van der Waals surface area (Å²) in [5, 5.41) is 12.1. The van der Waals surface area contributed by atoms with Gasteiger partial charge in [-0.05, 0) is 47.0 Å². The summed E-state index contributed by atoms with van der Waals surface area (Å²) in [6, 6.07) is 0. The van der Waals surface area contributed by atoms with Gasteiger partial charge in [-0.25, -0.2) is 0 Å². The molecule has 0 saturated heterocycles. The maximum absolute atomic E-state index is 11.8. The molecule has 0 amide bonds. The van der Waals surface area contributed by atoms with Crippen molar-refractivity contribution >= 4 is 45.6 Å². The van der Waals surface area contributed by atoms with Gasteiger partial charge in [0.1, 0.15) is 22.7 Å². The van der Waals surface area contributed by atoms with Crippen molar-refractivity contribution in [1.82, 2.24) is 8.01 Å². The smallest absolute Gasteiger partial charge is 0.253 e. The third kappa shape index (κ3) is 7.01. The summed E-state index contributed by atoms with van der Waals surface area (Å²) in [6.07, 6.45) is 2.33. The zero-order chi connectivity index (χ0) is 23.0. The van der Waals surface area contributed by atoms with Crippen molar-refractivity contribution in [2.24, 2.45) is 0 Å². The third-order valence-electron chi connectivity index (χ3n) is 4.81. The molecule has 11 heteroatoms. The molecule has 0 aliphatic heterocycles. The van der Waals surface area contributed by atoms with Gasteiger partial charge in [0.2, 0.25) is 0 Å². The second-order valence-electron chi connectivity index (χ2n) is 7.72. The Morgan fingerprint density at radius 1 is 0.581 bits per heavy atom. The van der Waals surface area contributed by atoms with Crippen LogP contribution in [0.15, 0.2) is 19.2 Å². The Morgan fingerprint density at radius 3 is 1.23 bits per heavy atom. The van der Waals surface area contributed by atoms with E-state index in [0.717, 1.165) is 25.9 Å². The van der Waals surface area contributed by atoms with Crippen LogP contribution in [-0.4, -0.2) is 68.4 Å². The molecular weight excluding hydrogens is 515 g/mol. The maximum Gasteiger partial charge on any atom is 0.253 e. The van der Waals surface area contributed by atoms with E-state index >= 15 is 0 Å². The van der Waals surface area contributed by atoms with Crippen LogP contribution < -0.4 is 43.0 Å². The van der Waals surface area contributed by atoms with Crippen molar-refractivity contribution in [3.8, 4) is 0 Å². The average molecular weight is 546 g/mol. The van der Waals surface area contributed by atoms with Gasteiger partial charge in [-0.15, -0.1) is 0 Å². The molecule has 2 aromatic carbocycles. The average Bonchev–Trinajstić information content (AvgIpc) is 2.73. The van der Waals surface area contributed by atoms with Crippen molar-refractivity contribution in [3.63, 3.8) is 0 Å². The maximum atomic E-state index is 11.8. The molecule has 0 saturated carbocycles. The molecule has 0 heterocycles. The molecule has 0 radical (unpaired) electrons. The molecule has 4 N–H and O–H groups in total. The monoisotopic (exact) mass is 546 g/mol. The number of hydrogen-bond donors (Lipinski definition) is 4. The molecule has 2 rings (SSSR count). The normalized spacial score (nSPS) is 11.5. The van der Waals surface area contributed by atoms with Crippen LogP contribution in [0.4, 0.5) is 22.7 Å². The molecule has 0 aliphatic rings. The minimum absolute atomic E-state index is 0.324. The summed E-state index contributed by atoms with van der Waals surface area (Å²) in [5.74, 6) is 0. The number of anilines is 4. The van der Waals surface area contributed by atoms with E-state index in [1.807, 2.05) is 24.3 Å². The SMILES string of the molecule is CN(C)CCCNc1c(NCCCNc2c(NCCCN(C)I)c(=O)c2=O)c(=O)c1=O. The number of nitrogens with zero attached hydrogens (tertiary/aromatic N) is 2. The molecule has 0 atom stereocenters. The van der Waals surface area contributed by atoms with Gasteiger partial charge in [0.25, 0.3) is 21.7 Å². The van der Waals surface area contributed by atoms with Gasteiger partial charge >= 0.3 is 0 Å². The Labute approximate surface area is 195 Å². The molecule has 2 aromatic rings. The van der Waals surface area contributed by atoms with Crippen molar-refractivity contribution in [1.29, 1.82) is 0 Å². The van der Waals surface area contributed by atoms with Gasteiger partial charge in [-0.3, -0.25) is 22.3 Å². The highest BCUT2D eigenvalue weighted by molar-refractivity contribution is 14.1. The quantitative estimate of drug-likeness (QED) is 0.101. The van der Waals surface area contributed by atoms with Crippen LogP contribution in [-0.2, 0) is 0 Å². The first-order valence-corrected chi connectivity index (χ1v) is 11.3. The first kappa shape index (κ1) is 25.3. The molecule has 0 spiro atoms. The topological polar surface area (TPSA) is 123 Å². The molecule has 0 aromatic heterocycles. The van der Waals surface area contributed by atoms with Crippen molar-refractivity contribution in [2.45, 2.75) is 19.3 Å². The number of halogens is 1. The van der Waals surface area contributed by atoms with Crippen LogP contribution in [0, 0.1) is 0 Å². The van der Waals surface area contributed by atoms with E-state index in [0.29, 0.717) is 55.3 Å². The van der Waals surface area contributed by atoms with Crippen LogP contribution in [0.2, 0.25) is 0 Å². The first-order valence-electron chi connectivity index (χ1n) is 10.4. The summed E-state index contributed by atoms with van der Waals surface area (Å²) < 4.78 is 2.02. The lowest BCUT2D eigenvalue weighted by Gasteiger charge is -2.17. The van der Waals surface area contributed by atoms with Gasteiger partial charge < -0.3 is 26.2 Å². The second-order valence-corrected chi connectivity index (χ2v) is 9.36.